The number of hydrogen-bond donors (Lipinski definition) is 0. The molecule has 1 aliphatic rings. The van der Waals surface area contributed by atoms with Crippen molar-refractivity contribution in [2.75, 3.05) is 27.7 Å². The van der Waals surface area contributed by atoms with Gasteiger partial charge in [0, 0.05) is 31.4 Å². The third-order valence-electron chi connectivity index (χ3n) is 4.28. The van der Waals surface area contributed by atoms with E-state index in [0.717, 1.165) is 30.0 Å². The smallest absolute Gasteiger partial charge is 0.255 e. The Labute approximate surface area is 142 Å². The first-order valence-electron chi connectivity index (χ1n) is 8.12. The molecule has 3 rings (SSSR count). The normalized spacial score (nSPS) is 13.8. The molecule has 2 heterocycles. The Balaban J connectivity index is 1.74. The summed E-state index contributed by atoms with van der Waals surface area (Å²) in [5.74, 6) is 0.946. The summed E-state index contributed by atoms with van der Waals surface area (Å²) >= 11 is 0. The molecule has 0 fully saturated rings. The molecule has 0 radical (unpaired) electrons. The van der Waals surface area contributed by atoms with Crippen molar-refractivity contribution in [2.24, 2.45) is 0 Å². The minimum Gasteiger partial charge on any atom is -0.496 e. The van der Waals surface area contributed by atoms with E-state index in [1.807, 2.05) is 43.3 Å². The van der Waals surface area contributed by atoms with Crippen LogP contribution in [0.25, 0.3) is 0 Å². The van der Waals surface area contributed by atoms with Gasteiger partial charge in [0.1, 0.15) is 5.75 Å². The third kappa shape index (κ3) is 3.41. The van der Waals surface area contributed by atoms with Crippen molar-refractivity contribution in [1.29, 1.82) is 0 Å². The Hall–Kier alpha value is -2.40. The lowest BCUT2D eigenvalue weighted by Crippen LogP contribution is -2.36. The maximum absolute atomic E-state index is 12.7. The Morgan fingerprint density at radius 3 is 2.79 bits per heavy atom. The number of aromatic nitrogens is 1. The second-order valence-corrected chi connectivity index (χ2v) is 6.35. The van der Waals surface area contributed by atoms with Crippen molar-refractivity contribution >= 4 is 5.91 Å². The van der Waals surface area contributed by atoms with Crippen molar-refractivity contribution in [3.63, 3.8) is 0 Å². The second kappa shape index (κ2) is 7.01. The van der Waals surface area contributed by atoms with E-state index in [9.17, 15) is 4.79 Å². The molecule has 0 bridgehead atoms. The summed E-state index contributed by atoms with van der Waals surface area (Å²) in [6.07, 6.45) is 2.50. The molecule has 24 heavy (non-hydrogen) atoms. The number of nitrogens with zero attached hydrogens (tertiary/aromatic N) is 3. The Morgan fingerprint density at radius 1 is 1.29 bits per heavy atom. The molecule has 126 valence electrons. The summed E-state index contributed by atoms with van der Waals surface area (Å²) in [4.78, 5) is 21.1. The van der Waals surface area contributed by atoms with E-state index in [4.69, 9.17) is 4.74 Å². The molecule has 0 atom stereocenters. The largest absolute Gasteiger partial charge is 0.496 e. The van der Waals surface area contributed by atoms with Crippen molar-refractivity contribution in [3.8, 4) is 5.75 Å². The van der Waals surface area contributed by atoms with Crippen LogP contribution in [0.2, 0.25) is 0 Å². The van der Waals surface area contributed by atoms with Gasteiger partial charge >= 0.3 is 0 Å². The molecule has 1 aromatic heterocycles. The number of pyridine rings is 1. The van der Waals surface area contributed by atoms with Crippen LogP contribution in [0, 0.1) is 0 Å². The molecule has 0 aliphatic carbocycles. The van der Waals surface area contributed by atoms with E-state index in [-0.39, 0.29) is 5.91 Å². The second-order valence-electron chi connectivity index (χ2n) is 6.35. The molecule has 5 heteroatoms. The Bertz CT molecular complexity index is 726. The zero-order valence-electron chi connectivity index (χ0n) is 14.5. The number of fused-ring (bicyclic) bond motifs is 1. The summed E-state index contributed by atoms with van der Waals surface area (Å²) in [6.45, 7) is 2.09. The fraction of sp³-hybridized carbons (Fsp3) is 0.368. The molecule has 5 nitrogen and oxygen atoms in total. The number of methoxy groups -OCH3 is 1. The van der Waals surface area contributed by atoms with Crippen LogP contribution in [0.15, 0.2) is 36.5 Å². The topological polar surface area (TPSA) is 45.7 Å². The summed E-state index contributed by atoms with van der Waals surface area (Å²) in [6, 6.07) is 9.81. The SMILES string of the molecule is COc1cccc2c1CCN(C(=O)c1ccc(CN(C)C)nc1)C2. The summed E-state index contributed by atoms with van der Waals surface area (Å²) in [5.41, 5.74) is 3.98. The van der Waals surface area contributed by atoms with Gasteiger partial charge in [-0.15, -0.1) is 0 Å². The zero-order chi connectivity index (χ0) is 17.1. The highest BCUT2D eigenvalue weighted by Gasteiger charge is 2.23. The van der Waals surface area contributed by atoms with Gasteiger partial charge in [-0.1, -0.05) is 12.1 Å². The zero-order valence-corrected chi connectivity index (χ0v) is 14.5. The van der Waals surface area contributed by atoms with E-state index in [1.165, 1.54) is 5.56 Å². The highest BCUT2D eigenvalue weighted by atomic mass is 16.5. The highest BCUT2D eigenvalue weighted by molar-refractivity contribution is 5.94. The van der Waals surface area contributed by atoms with Gasteiger partial charge in [-0.25, -0.2) is 0 Å². The third-order valence-corrected chi connectivity index (χ3v) is 4.28. The summed E-state index contributed by atoms with van der Waals surface area (Å²) in [7, 11) is 5.69. The van der Waals surface area contributed by atoms with Gasteiger partial charge in [-0.3, -0.25) is 9.78 Å². The number of hydrogen-bond acceptors (Lipinski definition) is 4. The first kappa shape index (κ1) is 16.5. The van der Waals surface area contributed by atoms with E-state index < -0.39 is 0 Å². The van der Waals surface area contributed by atoms with Gasteiger partial charge < -0.3 is 14.5 Å². The maximum atomic E-state index is 12.7. The summed E-state index contributed by atoms with van der Waals surface area (Å²) in [5, 5.41) is 0. The molecule has 0 N–H and O–H groups in total. The fourth-order valence-corrected chi connectivity index (χ4v) is 3.09. The average Bonchev–Trinajstić information content (AvgIpc) is 2.60. The molecular weight excluding hydrogens is 302 g/mol. The minimum absolute atomic E-state index is 0.0346. The van der Waals surface area contributed by atoms with Gasteiger partial charge in [0.15, 0.2) is 0 Å². The quantitative estimate of drug-likeness (QED) is 0.866. The number of carbonyl (C=O) groups is 1. The van der Waals surface area contributed by atoms with Gasteiger partial charge in [0.2, 0.25) is 0 Å². The van der Waals surface area contributed by atoms with Crippen LogP contribution in [-0.4, -0.2) is 48.4 Å². The molecule has 0 unspecified atom stereocenters. The lowest BCUT2D eigenvalue weighted by Gasteiger charge is -2.29. The first-order valence-corrected chi connectivity index (χ1v) is 8.12. The van der Waals surface area contributed by atoms with Crippen molar-refractivity contribution < 1.29 is 9.53 Å². The fourth-order valence-electron chi connectivity index (χ4n) is 3.09. The number of amides is 1. The van der Waals surface area contributed by atoms with Crippen molar-refractivity contribution in [2.45, 2.75) is 19.5 Å². The number of rotatable bonds is 4. The first-order chi connectivity index (χ1) is 11.6. The maximum Gasteiger partial charge on any atom is 0.255 e. The molecular formula is C19H23N3O2. The molecule has 0 saturated heterocycles. The van der Waals surface area contributed by atoms with Crippen LogP contribution in [0.3, 0.4) is 0 Å². The van der Waals surface area contributed by atoms with Crippen LogP contribution >= 0.6 is 0 Å². The van der Waals surface area contributed by atoms with Crippen LogP contribution in [0.1, 0.15) is 27.2 Å². The average molecular weight is 325 g/mol. The predicted octanol–water partition coefficient (Wildman–Crippen LogP) is 2.35. The van der Waals surface area contributed by atoms with Crippen LogP contribution in [0.4, 0.5) is 0 Å². The van der Waals surface area contributed by atoms with Crippen molar-refractivity contribution in [1.82, 2.24) is 14.8 Å². The van der Waals surface area contributed by atoms with E-state index in [2.05, 4.69) is 16.0 Å². The minimum atomic E-state index is 0.0346. The molecule has 0 spiro atoms. The molecule has 2 aromatic rings. The van der Waals surface area contributed by atoms with E-state index in [1.54, 1.807) is 13.3 Å². The molecule has 1 aromatic carbocycles. The van der Waals surface area contributed by atoms with Gasteiger partial charge in [0.05, 0.1) is 18.4 Å². The van der Waals surface area contributed by atoms with E-state index in [0.29, 0.717) is 18.7 Å². The van der Waals surface area contributed by atoms with Crippen molar-refractivity contribution in [3.05, 3.63) is 58.9 Å². The van der Waals surface area contributed by atoms with Gasteiger partial charge in [-0.05, 0) is 44.3 Å². The van der Waals surface area contributed by atoms with E-state index >= 15 is 0 Å². The monoisotopic (exact) mass is 325 g/mol. The Morgan fingerprint density at radius 2 is 2.12 bits per heavy atom. The van der Waals surface area contributed by atoms with Crippen LogP contribution in [0.5, 0.6) is 5.75 Å². The molecule has 1 aliphatic heterocycles. The van der Waals surface area contributed by atoms with Crippen LogP contribution in [-0.2, 0) is 19.5 Å². The highest BCUT2D eigenvalue weighted by Crippen LogP contribution is 2.28. The number of ether oxygens (including phenoxy) is 1. The summed E-state index contributed by atoms with van der Waals surface area (Å²) < 4.78 is 5.42. The lowest BCUT2D eigenvalue weighted by atomic mass is 9.98. The number of carbonyl (C=O) groups excluding carboxylic acids is 1. The predicted molar refractivity (Wildman–Crippen MR) is 93.1 cm³/mol. The Kier molecular flexibility index (Phi) is 4.81. The van der Waals surface area contributed by atoms with Gasteiger partial charge in [-0.2, -0.15) is 0 Å². The lowest BCUT2D eigenvalue weighted by molar-refractivity contribution is 0.0733. The van der Waals surface area contributed by atoms with Crippen LogP contribution < -0.4 is 4.74 Å². The van der Waals surface area contributed by atoms with Gasteiger partial charge in [0.25, 0.3) is 5.91 Å². The standard InChI is InChI=1S/C19H23N3O2/c1-21(2)13-16-8-7-14(11-20-16)19(23)22-10-9-17-15(12-22)5-4-6-18(17)24-3/h4-8,11H,9-10,12-13H2,1-3H3. The number of benzene rings is 1. The molecule has 0 saturated carbocycles. The molecule has 1 amide bonds.